The van der Waals surface area contributed by atoms with Crippen LogP contribution in [0.5, 0.6) is 5.75 Å². The van der Waals surface area contributed by atoms with Gasteiger partial charge in [-0.3, -0.25) is 9.48 Å². The first kappa shape index (κ1) is 29.1. The van der Waals surface area contributed by atoms with Crippen molar-refractivity contribution < 1.29 is 14.1 Å². The predicted molar refractivity (Wildman–Crippen MR) is 160 cm³/mol. The van der Waals surface area contributed by atoms with Crippen LogP contribution in [0.2, 0.25) is 5.02 Å². The number of fused-ring (bicyclic) bond motifs is 1. The molecule has 0 radical (unpaired) electrons. The molecule has 0 aliphatic heterocycles. The lowest BCUT2D eigenvalue weighted by molar-refractivity contribution is -0.119. The van der Waals surface area contributed by atoms with Crippen molar-refractivity contribution in [3.63, 3.8) is 0 Å². The zero-order valence-electron chi connectivity index (χ0n) is 23.8. The molecule has 4 aromatic rings. The molecule has 0 saturated heterocycles. The Morgan fingerprint density at radius 1 is 1.13 bits per heavy atom. The first-order valence-electron chi connectivity index (χ1n) is 13.1. The van der Waals surface area contributed by atoms with E-state index < -0.39 is 11.4 Å². The molecule has 0 spiro atoms. The molecule has 4 rings (SSSR count). The number of amides is 1. The molecule has 1 amide bonds. The first-order chi connectivity index (χ1) is 18.5. The molecule has 0 fully saturated rings. The van der Waals surface area contributed by atoms with Crippen molar-refractivity contribution in [1.29, 1.82) is 0 Å². The Morgan fingerprint density at radius 3 is 2.44 bits per heavy atom. The summed E-state index contributed by atoms with van der Waals surface area (Å²) < 4.78 is 24.2. The number of hydrogen-bond donors (Lipinski definition) is 1. The fraction of sp³-hybridized carbons (Fsp3) is 0.400. The molecule has 0 bridgehead atoms. The number of halogens is 1. The highest BCUT2D eigenvalue weighted by Crippen LogP contribution is 2.37. The van der Waals surface area contributed by atoms with Crippen molar-refractivity contribution in [1.82, 2.24) is 19.1 Å². The maximum Gasteiger partial charge on any atom is 0.262 e. The highest BCUT2D eigenvalue weighted by atomic mass is 35.5. The average Bonchev–Trinajstić information content (AvgIpc) is 3.28. The molecule has 0 aliphatic carbocycles. The van der Waals surface area contributed by atoms with Gasteiger partial charge in [-0.2, -0.15) is 9.82 Å². The summed E-state index contributed by atoms with van der Waals surface area (Å²) >= 11 is 4.93. The smallest absolute Gasteiger partial charge is 0.262 e. The Hall–Kier alpha value is -2.94. The Kier molecular flexibility index (Phi) is 8.99. The van der Waals surface area contributed by atoms with Crippen LogP contribution in [-0.2, 0) is 36.2 Å². The van der Waals surface area contributed by atoms with Crippen molar-refractivity contribution in [3.05, 3.63) is 69.1 Å². The van der Waals surface area contributed by atoms with E-state index in [0.717, 1.165) is 68.5 Å². The van der Waals surface area contributed by atoms with E-state index in [-0.39, 0.29) is 12.3 Å². The number of aryl methyl sites for hydroxylation is 6. The standard InChI is InChI=1S/C30H37ClN4O3S/c1-18-16-23(17-19(2)29(18)31)38-15-9-12-24-21(4)35(14-13-27(36)33-39(7)37)30-25(24)10-8-11-26(30)28-20(3)32-34(6)22(28)5/h8,10-11,16-17H,9,12-15H2,1-7H3,(H,33,36). The van der Waals surface area contributed by atoms with Gasteiger partial charge in [0, 0.05) is 52.9 Å². The third-order valence-electron chi connectivity index (χ3n) is 7.32. The molecule has 1 N–H and O–H groups in total. The van der Waals surface area contributed by atoms with Gasteiger partial charge in [0.2, 0.25) is 0 Å². The summed E-state index contributed by atoms with van der Waals surface area (Å²) in [7, 11) is 1.96. The molecule has 0 saturated carbocycles. The van der Waals surface area contributed by atoms with E-state index in [1.54, 1.807) is 0 Å². The Labute approximate surface area is 238 Å². The Balaban J connectivity index is 1.67. The Bertz CT molecular complexity index is 1500. The van der Waals surface area contributed by atoms with Crippen molar-refractivity contribution >= 4 is 39.8 Å². The lowest BCUT2D eigenvalue weighted by Gasteiger charge is -2.13. The number of para-hydroxylation sites is 1. The van der Waals surface area contributed by atoms with E-state index >= 15 is 0 Å². The van der Waals surface area contributed by atoms with Crippen LogP contribution < -0.4 is 9.46 Å². The van der Waals surface area contributed by atoms with Crippen LogP contribution in [0.15, 0.2) is 30.3 Å². The van der Waals surface area contributed by atoms with E-state index in [2.05, 4.69) is 46.4 Å². The molecule has 7 nitrogen and oxygen atoms in total. The molecule has 9 heteroatoms. The van der Waals surface area contributed by atoms with Crippen molar-refractivity contribution in [2.24, 2.45) is 7.05 Å². The maximum absolute atomic E-state index is 12.4. The summed E-state index contributed by atoms with van der Waals surface area (Å²) in [6.07, 6.45) is 3.38. The SMILES string of the molecule is Cc1cc(OCCCc2c(C)n(CCC(=O)N[S+](C)[O-])c3c(-c4c(C)nn(C)c4C)cccc23)cc(C)c1Cl. The van der Waals surface area contributed by atoms with Crippen LogP contribution in [0, 0.1) is 34.6 Å². The molecule has 2 aromatic carbocycles. The fourth-order valence-electron chi connectivity index (χ4n) is 5.42. The van der Waals surface area contributed by atoms with E-state index in [1.165, 1.54) is 17.2 Å². The molecule has 2 heterocycles. The van der Waals surface area contributed by atoms with Gasteiger partial charge in [0.25, 0.3) is 5.91 Å². The number of benzene rings is 2. The highest BCUT2D eigenvalue weighted by molar-refractivity contribution is 7.89. The number of hydrogen-bond acceptors (Lipinski definition) is 4. The normalized spacial score (nSPS) is 12.2. The number of nitrogens with one attached hydrogen (secondary N) is 1. The van der Waals surface area contributed by atoms with Crippen LogP contribution >= 0.6 is 11.6 Å². The molecule has 1 atom stereocenters. The van der Waals surface area contributed by atoms with Gasteiger partial charge in [-0.1, -0.05) is 29.8 Å². The molecular weight excluding hydrogens is 532 g/mol. The second-order valence-electron chi connectivity index (χ2n) is 10.1. The van der Waals surface area contributed by atoms with Gasteiger partial charge < -0.3 is 13.9 Å². The van der Waals surface area contributed by atoms with Crippen LogP contribution in [0.25, 0.3) is 22.0 Å². The minimum Gasteiger partial charge on any atom is -0.593 e. The van der Waals surface area contributed by atoms with Gasteiger partial charge in [-0.15, -0.1) is 0 Å². The largest absolute Gasteiger partial charge is 0.593 e. The highest BCUT2D eigenvalue weighted by Gasteiger charge is 2.22. The molecule has 1 unspecified atom stereocenters. The van der Waals surface area contributed by atoms with Gasteiger partial charge in [-0.25, -0.2) is 0 Å². The van der Waals surface area contributed by atoms with E-state index in [4.69, 9.17) is 16.3 Å². The number of rotatable bonds is 10. The van der Waals surface area contributed by atoms with Crippen molar-refractivity contribution in [2.45, 2.75) is 60.4 Å². The molecule has 39 heavy (non-hydrogen) atoms. The van der Waals surface area contributed by atoms with Gasteiger partial charge >= 0.3 is 0 Å². The molecular formula is C30H37ClN4O3S. The maximum atomic E-state index is 12.4. The molecule has 2 aromatic heterocycles. The predicted octanol–water partition coefficient (Wildman–Crippen LogP) is 6.05. The van der Waals surface area contributed by atoms with Crippen LogP contribution in [0.1, 0.15) is 46.6 Å². The summed E-state index contributed by atoms with van der Waals surface area (Å²) in [5, 5.41) is 6.60. The van der Waals surface area contributed by atoms with E-state index in [1.807, 2.05) is 44.6 Å². The summed E-state index contributed by atoms with van der Waals surface area (Å²) in [4.78, 5) is 12.4. The van der Waals surface area contributed by atoms with E-state index in [0.29, 0.717) is 13.2 Å². The van der Waals surface area contributed by atoms with Crippen LogP contribution in [0.4, 0.5) is 0 Å². The number of aromatic nitrogens is 3. The minimum atomic E-state index is -1.39. The van der Waals surface area contributed by atoms with Crippen LogP contribution in [-0.4, -0.2) is 37.7 Å². The number of carbonyl (C=O) groups is 1. The zero-order chi connectivity index (χ0) is 28.4. The molecule has 208 valence electrons. The lowest BCUT2D eigenvalue weighted by Crippen LogP contribution is -2.30. The van der Waals surface area contributed by atoms with Gasteiger partial charge in [0.05, 0.1) is 29.2 Å². The fourth-order valence-corrected chi connectivity index (χ4v) is 5.95. The van der Waals surface area contributed by atoms with Gasteiger partial charge in [0.15, 0.2) is 0 Å². The third-order valence-corrected chi connectivity index (χ3v) is 8.43. The summed E-state index contributed by atoms with van der Waals surface area (Å²) in [6, 6.07) is 10.3. The quantitative estimate of drug-likeness (QED) is 0.186. The number of ether oxygens (including phenoxy) is 1. The monoisotopic (exact) mass is 568 g/mol. The summed E-state index contributed by atoms with van der Waals surface area (Å²) in [5.41, 5.74) is 9.77. The van der Waals surface area contributed by atoms with E-state index in [9.17, 15) is 9.35 Å². The number of carbonyl (C=O) groups excluding carboxylic acids is 1. The van der Waals surface area contributed by atoms with Crippen molar-refractivity contribution in [2.75, 3.05) is 12.9 Å². The van der Waals surface area contributed by atoms with Gasteiger partial charge in [0.1, 0.15) is 12.0 Å². The zero-order valence-corrected chi connectivity index (χ0v) is 25.3. The average molecular weight is 569 g/mol. The van der Waals surface area contributed by atoms with Crippen molar-refractivity contribution in [3.8, 4) is 16.9 Å². The topological polar surface area (TPSA) is 84.1 Å². The minimum absolute atomic E-state index is 0.230. The third kappa shape index (κ3) is 6.13. The number of nitrogens with zero attached hydrogens (tertiary/aromatic N) is 3. The summed E-state index contributed by atoms with van der Waals surface area (Å²) in [5.74, 6) is 0.601. The first-order valence-corrected chi connectivity index (χ1v) is 15.1. The van der Waals surface area contributed by atoms with Gasteiger partial charge in [-0.05, 0) is 76.3 Å². The Morgan fingerprint density at radius 2 is 1.82 bits per heavy atom. The summed E-state index contributed by atoms with van der Waals surface area (Å²) in [6.45, 7) is 11.3. The van der Waals surface area contributed by atoms with Crippen LogP contribution in [0.3, 0.4) is 0 Å². The second-order valence-corrected chi connectivity index (χ2v) is 11.6. The molecule has 0 aliphatic rings. The second kappa shape index (κ2) is 12.1. The lowest BCUT2D eigenvalue weighted by atomic mass is 9.98.